The minimum absolute atomic E-state index is 0.178. The van der Waals surface area contributed by atoms with Crippen LogP contribution in [0.1, 0.15) is 58.4 Å². The van der Waals surface area contributed by atoms with Gasteiger partial charge in [0.25, 0.3) is 0 Å². The first kappa shape index (κ1) is 24.0. The molecule has 0 aromatic heterocycles. The van der Waals surface area contributed by atoms with Crippen LogP contribution in [0.4, 0.5) is 9.59 Å². The maximum absolute atomic E-state index is 12.5. The summed E-state index contributed by atoms with van der Waals surface area (Å²) in [7, 11) is 1.65. The van der Waals surface area contributed by atoms with Crippen molar-refractivity contribution in [2.75, 3.05) is 13.6 Å². The van der Waals surface area contributed by atoms with Crippen LogP contribution in [0.3, 0.4) is 0 Å². The zero-order valence-corrected chi connectivity index (χ0v) is 18.6. The quantitative estimate of drug-likeness (QED) is 0.685. The van der Waals surface area contributed by atoms with Gasteiger partial charge in [-0.1, -0.05) is 30.3 Å². The minimum atomic E-state index is -0.991. The predicted octanol–water partition coefficient (Wildman–Crippen LogP) is 4.34. The summed E-state index contributed by atoms with van der Waals surface area (Å²) >= 11 is 0. The number of aliphatic hydroxyl groups is 1. The molecule has 1 fully saturated rings. The Kier molecular flexibility index (Phi) is 8.53. The molecule has 1 aromatic carbocycles. The Morgan fingerprint density at radius 2 is 1.73 bits per heavy atom. The fourth-order valence-electron chi connectivity index (χ4n) is 4.24. The Balaban J connectivity index is 2.06. The molecule has 7 heteroatoms. The molecule has 168 valence electrons. The number of hydrogen-bond acceptors (Lipinski definition) is 4. The molecule has 0 aliphatic heterocycles. The molecule has 2 N–H and O–H groups in total. The molecule has 2 rings (SSSR count). The van der Waals surface area contributed by atoms with Gasteiger partial charge in [0.05, 0.1) is 12.1 Å². The summed E-state index contributed by atoms with van der Waals surface area (Å²) < 4.78 is 5.41. The van der Waals surface area contributed by atoms with Gasteiger partial charge >= 0.3 is 12.2 Å². The molecule has 1 aliphatic carbocycles. The number of hydrogen-bond donors (Lipinski definition) is 2. The molecular weight excluding hydrogens is 384 g/mol. The second-order valence-electron chi connectivity index (χ2n) is 9.31. The summed E-state index contributed by atoms with van der Waals surface area (Å²) in [6.07, 6.45) is 2.18. The van der Waals surface area contributed by atoms with Crippen LogP contribution in [0, 0.1) is 5.92 Å². The number of rotatable bonds is 7. The number of aliphatic hydroxyl groups excluding tert-OH is 1. The fourth-order valence-corrected chi connectivity index (χ4v) is 4.24. The molecule has 0 heterocycles. The summed E-state index contributed by atoms with van der Waals surface area (Å²) in [5.74, 6) is 0.330. The van der Waals surface area contributed by atoms with E-state index < -0.39 is 17.7 Å². The van der Waals surface area contributed by atoms with Crippen molar-refractivity contribution in [1.29, 1.82) is 0 Å². The highest BCUT2D eigenvalue weighted by atomic mass is 16.6. The maximum atomic E-state index is 12.5. The van der Waals surface area contributed by atoms with Gasteiger partial charge in [-0.25, -0.2) is 9.59 Å². The molecule has 1 atom stereocenters. The van der Waals surface area contributed by atoms with Gasteiger partial charge in [0.15, 0.2) is 0 Å². The van der Waals surface area contributed by atoms with Crippen LogP contribution in [-0.4, -0.2) is 63.5 Å². The van der Waals surface area contributed by atoms with E-state index in [2.05, 4.69) is 0 Å². The number of amides is 2. The van der Waals surface area contributed by atoms with Crippen LogP contribution in [-0.2, 0) is 11.3 Å². The molecule has 0 radical (unpaired) electrons. The first-order chi connectivity index (χ1) is 14.1. The summed E-state index contributed by atoms with van der Waals surface area (Å²) in [5.41, 5.74) is 0.304. The van der Waals surface area contributed by atoms with Crippen LogP contribution in [0.25, 0.3) is 0 Å². The van der Waals surface area contributed by atoms with E-state index in [1.54, 1.807) is 7.05 Å². The Labute approximate surface area is 179 Å². The van der Waals surface area contributed by atoms with Crippen molar-refractivity contribution in [2.45, 2.75) is 77.2 Å². The lowest BCUT2D eigenvalue weighted by Gasteiger charge is -2.42. The van der Waals surface area contributed by atoms with Crippen molar-refractivity contribution in [3.05, 3.63) is 35.9 Å². The molecule has 0 spiro atoms. The van der Waals surface area contributed by atoms with Crippen molar-refractivity contribution in [1.82, 2.24) is 9.80 Å². The Morgan fingerprint density at radius 1 is 1.13 bits per heavy atom. The second-order valence-corrected chi connectivity index (χ2v) is 9.31. The average Bonchev–Trinajstić information content (AvgIpc) is 2.67. The van der Waals surface area contributed by atoms with Crippen LogP contribution < -0.4 is 0 Å². The van der Waals surface area contributed by atoms with Crippen LogP contribution in [0.5, 0.6) is 0 Å². The number of carbonyl (C=O) groups is 2. The molecule has 0 bridgehead atoms. The van der Waals surface area contributed by atoms with E-state index in [0.29, 0.717) is 12.3 Å². The lowest BCUT2D eigenvalue weighted by Crippen LogP contribution is -2.55. The van der Waals surface area contributed by atoms with Crippen molar-refractivity contribution in [2.24, 2.45) is 5.92 Å². The lowest BCUT2D eigenvalue weighted by molar-refractivity contribution is 0.0344. The number of likely N-dealkylation sites (N-methyl/N-ethyl adjacent to an activating group) is 1. The van der Waals surface area contributed by atoms with Gasteiger partial charge in [0.1, 0.15) is 6.61 Å². The number of carbonyl (C=O) groups excluding carboxylic acids is 1. The van der Waals surface area contributed by atoms with E-state index in [9.17, 15) is 19.8 Å². The maximum Gasteiger partial charge on any atom is 0.409 e. The molecule has 0 saturated heterocycles. The van der Waals surface area contributed by atoms with Gasteiger partial charge in [0, 0.05) is 19.1 Å². The number of carboxylic acid groups (broad SMARTS) is 1. The van der Waals surface area contributed by atoms with Gasteiger partial charge in [-0.15, -0.1) is 0 Å². The predicted molar refractivity (Wildman–Crippen MR) is 115 cm³/mol. The topological polar surface area (TPSA) is 90.3 Å². The molecular formula is C23H36N2O5. The largest absolute Gasteiger partial charge is 0.465 e. The van der Waals surface area contributed by atoms with Gasteiger partial charge in [-0.05, 0) is 64.4 Å². The molecule has 1 aromatic rings. The van der Waals surface area contributed by atoms with Crippen molar-refractivity contribution < 1.29 is 24.5 Å². The first-order valence-corrected chi connectivity index (χ1v) is 10.7. The van der Waals surface area contributed by atoms with E-state index in [4.69, 9.17) is 4.74 Å². The first-order valence-electron chi connectivity index (χ1n) is 10.7. The van der Waals surface area contributed by atoms with Crippen LogP contribution in [0.15, 0.2) is 30.3 Å². The van der Waals surface area contributed by atoms with Gasteiger partial charge in [-0.3, -0.25) is 4.90 Å². The Morgan fingerprint density at radius 3 is 2.27 bits per heavy atom. The molecule has 30 heavy (non-hydrogen) atoms. The van der Waals surface area contributed by atoms with Crippen molar-refractivity contribution >= 4 is 12.2 Å². The summed E-state index contributed by atoms with van der Waals surface area (Å²) in [6.45, 7) is 6.04. The zero-order valence-electron chi connectivity index (χ0n) is 18.6. The lowest BCUT2D eigenvalue weighted by atomic mass is 9.82. The summed E-state index contributed by atoms with van der Waals surface area (Å²) in [4.78, 5) is 27.6. The second kappa shape index (κ2) is 10.7. The van der Waals surface area contributed by atoms with Crippen LogP contribution in [0.2, 0.25) is 0 Å². The van der Waals surface area contributed by atoms with Gasteiger partial charge in [-0.2, -0.15) is 0 Å². The highest BCUT2D eigenvalue weighted by Crippen LogP contribution is 2.31. The molecule has 1 saturated carbocycles. The van der Waals surface area contributed by atoms with E-state index in [1.807, 2.05) is 51.1 Å². The third-order valence-electron chi connectivity index (χ3n) is 5.72. The highest BCUT2D eigenvalue weighted by molar-refractivity contribution is 5.68. The van der Waals surface area contributed by atoms with Crippen molar-refractivity contribution in [3.8, 4) is 0 Å². The fraction of sp³-hybridized carbons (Fsp3) is 0.652. The smallest absolute Gasteiger partial charge is 0.409 e. The molecule has 1 aliphatic rings. The number of nitrogens with zero attached hydrogens (tertiary/aromatic N) is 2. The third kappa shape index (κ3) is 7.20. The highest BCUT2D eigenvalue weighted by Gasteiger charge is 2.36. The van der Waals surface area contributed by atoms with E-state index >= 15 is 0 Å². The normalized spacial score (nSPS) is 20.3. The van der Waals surface area contributed by atoms with E-state index in [-0.39, 0.29) is 25.3 Å². The van der Waals surface area contributed by atoms with Crippen molar-refractivity contribution in [3.63, 3.8) is 0 Å². The van der Waals surface area contributed by atoms with E-state index in [1.165, 1.54) is 9.80 Å². The summed E-state index contributed by atoms with van der Waals surface area (Å²) in [5, 5.41) is 19.7. The monoisotopic (exact) mass is 420 g/mol. The standard InChI is InChI=1S/C23H36N2O5/c1-23(2,3)25(21(27)28)19(14-17-10-12-20(26)13-11-17)15-24(4)22(29)30-16-18-8-6-5-7-9-18/h5-9,17,19-20,26H,10-16H2,1-4H3,(H,27,28)/t17-,19-,20-/m0/s1. The Bertz CT molecular complexity index is 681. The molecule has 0 unspecified atom stereocenters. The SMILES string of the molecule is CN(C[C@H](C[C@H]1CC[C@H](O)CC1)N(C(=O)O)C(C)(C)C)C(=O)OCc1ccccc1. The molecule has 2 amide bonds. The molecule has 7 nitrogen and oxygen atoms in total. The number of ether oxygens (including phenoxy) is 1. The number of benzene rings is 1. The minimum Gasteiger partial charge on any atom is -0.465 e. The van der Waals surface area contributed by atoms with Gasteiger partial charge in [0.2, 0.25) is 0 Å². The van der Waals surface area contributed by atoms with Crippen LogP contribution >= 0.6 is 0 Å². The zero-order chi connectivity index (χ0) is 22.3. The average molecular weight is 421 g/mol. The Hall–Kier alpha value is -2.28. The van der Waals surface area contributed by atoms with Gasteiger partial charge < -0.3 is 19.8 Å². The van der Waals surface area contributed by atoms with E-state index in [0.717, 1.165) is 31.2 Å². The summed E-state index contributed by atoms with van der Waals surface area (Å²) in [6, 6.07) is 9.10. The third-order valence-corrected chi connectivity index (χ3v) is 5.72.